The molecule has 1 aromatic carbocycles. The van der Waals surface area contributed by atoms with E-state index in [9.17, 15) is 9.90 Å². The fourth-order valence-electron chi connectivity index (χ4n) is 3.97. The van der Waals surface area contributed by atoms with Gasteiger partial charge < -0.3 is 20.1 Å². The van der Waals surface area contributed by atoms with E-state index in [1.165, 1.54) is 0 Å². The lowest BCUT2D eigenvalue weighted by Gasteiger charge is -2.30. The minimum atomic E-state index is -0.613. The van der Waals surface area contributed by atoms with Crippen LogP contribution in [0.2, 0.25) is 10.0 Å². The number of aliphatic hydroxyl groups is 1. The third-order valence-electron chi connectivity index (χ3n) is 5.26. The first-order valence-corrected chi connectivity index (χ1v) is 9.69. The number of nitrogens with one attached hydrogen (secondary N) is 1. The van der Waals surface area contributed by atoms with E-state index in [-0.39, 0.29) is 17.9 Å². The van der Waals surface area contributed by atoms with Crippen LogP contribution in [0.1, 0.15) is 17.9 Å². The van der Waals surface area contributed by atoms with Gasteiger partial charge in [-0.2, -0.15) is 0 Å². The number of nitrogens with zero attached hydrogens (tertiary/aromatic N) is 3. The molecule has 2 fully saturated rings. The van der Waals surface area contributed by atoms with Crippen LogP contribution in [-0.2, 0) is 9.53 Å². The highest BCUT2D eigenvalue weighted by Crippen LogP contribution is 2.49. The molecular weight excluding hydrogens is 403 g/mol. The lowest BCUT2D eigenvalue weighted by atomic mass is 9.74. The minimum Gasteiger partial charge on any atom is -0.390 e. The molecule has 28 heavy (non-hydrogen) atoms. The maximum absolute atomic E-state index is 13.1. The number of amides is 1. The summed E-state index contributed by atoms with van der Waals surface area (Å²) in [5, 5.41) is 14.0. The molecular formula is C19H20Cl2N4O3. The first kappa shape index (κ1) is 19.4. The van der Waals surface area contributed by atoms with Crippen molar-refractivity contribution < 1.29 is 14.6 Å². The van der Waals surface area contributed by atoms with Gasteiger partial charge >= 0.3 is 0 Å². The molecule has 2 saturated heterocycles. The molecule has 148 valence electrons. The molecule has 9 heteroatoms. The summed E-state index contributed by atoms with van der Waals surface area (Å²) in [7, 11) is 3.71. The third kappa shape index (κ3) is 3.43. The maximum Gasteiger partial charge on any atom is 0.230 e. The molecule has 1 aromatic heterocycles. The molecule has 7 nitrogen and oxygen atoms in total. The van der Waals surface area contributed by atoms with Gasteiger partial charge in [0, 0.05) is 44.5 Å². The second-order valence-corrected chi connectivity index (χ2v) is 8.14. The van der Waals surface area contributed by atoms with E-state index < -0.39 is 18.1 Å². The Labute approximate surface area is 172 Å². The second kappa shape index (κ2) is 7.48. The molecule has 2 aromatic rings. The summed E-state index contributed by atoms with van der Waals surface area (Å²) in [6.07, 6.45) is 2.39. The first-order chi connectivity index (χ1) is 13.3. The van der Waals surface area contributed by atoms with Crippen molar-refractivity contribution in [1.82, 2.24) is 9.97 Å². The van der Waals surface area contributed by atoms with Gasteiger partial charge in [0.15, 0.2) is 0 Å². The van der Waals surface area contributed by atoms with Crippen molar-refractivity contribution >= 4 is 40.7 Å². The summed E-state index contributed by atoms with van der Waals surface area (Å²) in [5.41, 5.74) is 1.33. The summed E-state index contributed by atoms with van der Waals surface area (Å²) in [4.78, 5) is 23.6. The van der Waals surface area contributed by atoms with Crippen molar-refractivity contribution in [3.8, 4) is 0 Å². The summed E-state index contributed by atoms with van der Waals surface area (Å²) < 4.78 is 5.92. The van der Waals surface area contributed by atoms with E-state index in [0.29, 0.717) is 28.1 Å². The zero-order valence-corrected chi connectivity index (χ0v) is 16.9. The zero-order valence-electron chi connectivity index (χ0n) is 15.3. The number of fused-ring (bicyclic) bond motifs is 2. The Balaban J connectivity index is 1.60. The summed E-state index contributed by atoms with van der Waals surface area (Å²) >= 11 is 12.0. The number of aliphatic hydroxyl groups excluding tert-OH is 1. The zero-order chi connectivity index (χ0) is 20.0. The van der Waals surface area contributed by atoms with Gasteiger partial charge in [-0.15, -0.1) is 0 Å². The van der Waals surface area contributed by atoms with Crippen LogP contribution < -0.4 is 10.2 Å². The molecule has 2 bridgehead atoms. The Kier molecular flexibility index (Phi) is 5.18. The second-order valence-electron chi connectivity index (χ2n) is 7.32. The van der Waals surface area contributed by atoms with Crippen LogP contribution in [-0.4, -0.2) is 53.4 Å². The van der Waals surface area contributed by atoms with Crippen LogP contribution in [0.25, 0.3) is 0 Å². The molecule has 4 rings (SSSR count). The topological polar surface area (TPSA) is 87.6 Å². The SMILES string of the molecule is CN(C)c1ncc([C@H]2[C@H]3O[C@H](C[C@@H]3O)[C@H]2C(=O)Nc2ccc(Cl)c(Cl)c2)cn1. The highest BCUT2D eigenvalue weighted by Gasteiger charge is 2.57. The minimum absolute atomic E-state index is 0.195. The molecule has 5 atom stereocenters. The lowest BCUT2D eigenvalue weighted by molar-refractivity contribution is -0.121. The van der Waals surface area contributed by atoms with Crippen molar-refractivity contribution in [1.29, 1.82) is 0 Å². The van der Waals surface area contributed by atoms with Crippen LogP contribution in [0.3, 0.4) is 0 Å². The van der Waals surface area contributed by atoms with E-state index in [1.54, 1.807) is 35.5 Å². The number of hydrogen-bond acceptors (Lipinski definition) is 6. The molecule has 0 radical (unpaired) electrons. The van der Waals surface area contributed by atoms with Crippen molar-refractivity contribution in [2.45, 2.75) is 30.7 Å². The number of hydrogen-bond donors (Lipinski definition) is 2. The van der Waals surface area contributed by atoms with E-state index in [2.05, 4.69) is 15.3 Å². The predicted molar refractivity (Wildman–Crippen MR) is 107 cm³/mol. The van der Waals surface area contributed by atoms with Crippen molar-refractivity contribution in [2.75, 3.05) is 24.3 Å². The number of aromatic nitrogens is 2. The van der Waals surface area contributed by atoms with Gasteiger partial charge in [-0.25, -0.2) is 9.97 Å². The number of carbonyl (C=O) groups is 1. The van der Waals surface area contributed by atoms with Crippen LogP contribution >= 0.6 is 23.2 Å². The number of anilines is 2. The standard InChI is InChI=1S/C19H20Cl2N4O3/c1-25(2)19-22-7-9(8-23-19)15-16(14-6-13(26)17(15)28-14)18(27)24-10-3-4-11(20)12(21)5-10/h3-5,7-8,13-17,26H,6H2,1-2H3,(H,24,27)/t13-,14+,15+,16+,17-/m0/s1. The molecule has 1 amide bonds. The Morgan fingerprint density at radius 2 is 1.96 bits per heavy atom. The summed E-state index contributed by atoms with van der Waals surface area (Å²) in [5.74, 6) is -0.408. The van der Waals surface area contributed by atoms with Gasteiger partial charge in [0.25, 0.3) is 0 Å². The monoisotopic (exact) mass is 422 g/mol. The van der Waals surface area contributed by atoms with E-state index in [0.717, 1.165) is 5.56 Å². The summed E-state index contributed by atoms with van der Waals surface area (Å²) in [6.45, 7) is 0. The van der Waals surface area contributed by atoms with Crippen molar-refractivity contribution in [3.63, 3.8) is 0 Å². The molecule has 2 aliphatic rings. The fourth-order valence-corrected chi connectivity index (χ4v) is 4.27. The normalized spacial score (nSPS) is 28.4. The highest BCUT2D eigenvalue weighted by atomic mass is 35.5. The Bertz CT molecular complexity index is 893. The molecule has 2 N–H and O–H groups in total. The predicted octanol–water partition coefficient (Wildman–Crippen LogP) is 2.72. The van der Waals surface area contributed by atoms with Crippen LogP contribution in [0.4, 0.5) is 11.6 Å². The molecule has 0 unspecified atom stereocenters. The fraction of sp³-hybridized carbons (Fsp3) is 0.421. The van der Waals surface area contributed by atoms with E-state index in [1.807, 2.05) is 14.1 Å². The van der Waals surface area contributed by atoms with Gasteiger partial charge in [0.05, 0.1) is 34.3 Å². The average molecular weight is 423 g/mol. The molecule has 0 aliphatic carbocycles. The summed E-state index contributed by atoms with van der Waals surface area (Å²) in [6, 6.07) is 4.93. The first-order valence-electron chi connectivity index (χ1n) is 8.94. The van der Waals surface area contributed by atoms with Gasteiger partial charge in [0.2, 0.25) is 11.9 Å². The number of ether oxygens (including phenoxy) is 1. The van der Waals surface area contributed by atoms with Crippen molar-refractivity contribution in [2.24, 2.45) is 5.92 Å². The lowest BCUT2D eigenvalue weighted by Crippen LogP contribution is -2.41. The van der Waals surface area contributed by atoms with E-state index >= 15 is 0 Å². The average Bonchev–Trinajstić information content (AvgIpc) is 3.21. The smallest absolute Gasteiger partial charge is 0.230 e. The van der Waals surface area contributed by atoms with Gasteiger partial charge in [-0.3, -0.25) is 4.79 Å². The highest BCUT2D eigenvalue weighted by molar-refractivity contribution is 6.42. The molecule has 3 heterocycles. The third-order valence-corrected chi connectivity index (χ3v) is 6.00. The maximum atomic E-state index is 13.1. The van der Waals surface area contributed by atoms with Crippen molar-refractivity contribution in [3.05, 3.63) is 46.2 Å². The number of rotatable bonds is 4. The Morgan fingerprint density at radius 1 is 1.25 bits per heavy atom. The van der Waals surface area contributed by atoms with E-state index in [4.69, 9.17) is 27.9 Å². The number of benzene rings is 1. The molecule has 0 spiro atoms. The van der Waals surface area contributed by atoms with Crippen LogP contribution in [0, 0.1) is 5.92 Å². The van der Waals surface area contributed by atoms with Crippen LogP contribution in [0.5, 0.6) is 0 Å². The molecule has 2 aliphatic heterocycles. The Hall–Kier alpha value is -1.93. The largest absolute Gasteiger partial charge is 0.390 e. The Morgan fingerprint density at radius 3 is 2.61 bits per heavy atom. The van der Waals surface area contributed by atoms with Gasteiger partial charge in [0.1, 0.15) is 0 Å². The quantitative estimate of drug-likeness (QED) is 0.787. The number of carbonyl (C=O) groups excluding carboxylic acids is 1. The molecule has 0 saturated carbocycles. The van der Waals surface area contributed by atoms with Gasteiger partial charge in [-0.05, 0) is 23.8 Å². The number of halogens is 2. The van der Waals surface area contributed by atoms with Gasteiger partial charge in [-0.1, -0.05) is 23.2 Å². The van der Waals surface area contributed by atoms with Crippen LogP contribution in [0.15, 0.2) is 30.6 Å².